The van der Waals surface area contributed by atoms with Gasteiger partial charge >= 0.3 is 20.8 Å². The second kappa shape index (κ2) is 16.5. The van der Waals surface area contributed by atoms with Gasteiger partial charge in [0, 0.05) is 13.8 Å². The Kier molecular flexibility index (Phi) is 13.9. The number of amides is 2. The van der Waals surface area contributed by atoms with Crippen LogP contribution in [0.4, 0.5) is 0 Å². The first kappa shape index (κ1) is 40.6. The van der Waals surface area contributed by atoms with Crippen LogP contribution in [-0.2, 0) is 62.4 Å². The molecule has 24 nitrogen and oxygen atoms in total. The van der Waals surface area contributed by atoms with Crippen molar-refractivity contribution in [1.82, 2.24) is 10.6 Å². The predicted molar refractivity (Wildman–Crippen MR) is 145 cm³/mol. The lowest BCUT2D eigenvalue weighted by Gasteiger charge is -2.49. The SMILES string of the molecule is CC(=O)N[C@H]1[C@H](O[C@H]2[C@@H](O)[C@@H](CO)OC(O)[C@@H]2NC(C)=O)O[C@H](COS(=O)(=O)O)[C@@H](O[C@@H]2O[C@H](CO)[C@H](OS(=O)(=O)O)[C@H](O)[C@H]2O)[C@@H]1O. The standard InChI is InChI=1S/C22H38N2O22S2/c1-6(27)23-11-14(30)17(44-22-16(32)15(31)18(9(4-26)42-22)46-48(37,38)39)10(5-40-47(34,35)36)43-21(11)45-19-12(24-7(2)28)20(33)41-8(3-25)13(19)29/h8-22,25-26,29-33H,3-5H2,1-2H3,(H,23,27)(H,24,28)(H,34,35,36)(H,37,38,39)/t8-,9-,10-,11-,12-,13+,14-,15-,16-,17-,18+,19-,20?,21+,22+/m1/s1. The smallest absolute Gasteiger partial charge is 0.394 e. The molecule has 1 unspecified atom stereocenters. The summed E-state index contributed by atoms with van der Waals surface area (Å²) in [6.07, 6.45) is -25.4. The zero-order valence-corrected chi connectivity index (χ0v) is 26.6. The fraction of sp³-hybridized carbons (Fsp3) is 0.909. The van der Waals surface area contributed by atoms with E-state index in [4.69, 9.17) is 28.2 Å². The average molecular weight is 747 g/mol. The van der Waals surface area contributed by atoms with Gasteiger partial charge in [0.2, 0.25) is 11.8 Å². The molecule has 26 heteroatoms. The Labute approximate surface area is 272 Å². The van der Waals surface area contributed by atoms with Crippen molar-refractivity contribution in [2.45, 2.75) is 106 Å². The molecule has 3 heterocycles. The summed E-state index contributed by atoms with van der Waals surface area (Å²) in [5.41, 5.74) is 0. The minimum absolute atomic E-state index is 0.750. The van der Waals surface area contributed by atoms with Gasteiger partial charge in [-0.2, -0.15) is 16.8 Å². The minimum atomic E-state index is -5.26. The fourth-order valence-electron chi connectivity index (χ4n) is 5.25. The van der Waals surface area contributed by atoms with Crippen LogP contribution in [0.2, 0.25) is 0 Å². The van der Waals surface area contributed by atoms with E-state index in [1.165, 1.54) is 0 Å². The maximum atomic E-state index is 12.2. The molecule has 0 aromatic carbocycles. The lowest BCUT2D eigenvalue weighted by molar-refractivity contribution is -0.357. The number of carbonyl (C=O) groups is 2. The van der Waals surface area contributed by atoms with Gasteiger partial charge in [0.15, 0.2) is 18.9 Å². The van der Waals surface area contributed by atoms with Crippen molar-refractivity contribution in [1.29, 1.82) is 0 Å². The first-order chi connectivity index (χ1) is 22.2. The maximum Gasteiger partial charge on any atom is 0.397 e. The highest BCUT2D eigenvalue weighted by molar-refractivity contribution is 7.81. The van der Waals surface area contributed by atoms with Crippen molar-refractivity contribution in [3.8, 4) is 0 Å². The van der Waals surface area contributed by atoms with Crippen LogP contribution in [-0.4, -0.2) is 185 Å². The molecule has 0 radical (unpaired) electrons. The van der Waals surface area contributed by atoms with Gasteiger partial charge in [-0.05, 0) is 0 Å². The Hall–Kier alpha value is -1.80. The van der Waals surface area contributed by atoms with Gasteiger partial charge in [0.25, 0.3) is 0 Å². The topological polar surface area (TPSA) is 373 Å². The zero-order valence-electron chi connectivity index (χ0n) is 24.9. The van der Waals surface area contributed by atoms with Gasteiger partial charge in [-0.1, -0.05) is 0 Å². The number of carbonyl (C=O) groups excluding carboxylic acids is 2. The van der Waals surface area contributed by atoms with Crippen LogP contribution in [0.1, 0.15) is 13.8 Å². The summed E-state index contributed by atoms with van der Waals surface area (Å²) in [6.45, 7) is -1.15. The van der Waals surface area contributed by atoms with E-state index < -0.39 is 144 Å². The zero-order chi connectivity index (χ0) is 36.3. The molecule has 3 fully saturated rings. The maximum absolute atomic E-state index is 12.2. The summed E-state index contributed by atoms with van der Waals surface area (Å²) in [4.78, 5) is 24.0. The summed E-state index contributed by atoms with van der Waals surface area (Å²) in [5, 5.41) is 77.6. The van der Waals surface area contributed by atoms with E-state index in [-0.39, 0.29) is 0 Å². The lowest BCUT2D eigenvalue weighted by atomic mass is 9.94. The largest absolute Gasteiger partial charge is 0.397 e. The van der Waals surface area contributed by atoms with Crippen molar-refractivity contribution in [2.24, 2.45) is 0 Å². The molecule has 11 N–H and O–H groups in total. The van der Waals surface area contributed by atoms with Crippen LogP contribution in [0, 0.1) is 0 Å². The molecule has 0 spiro atoms. The van der Waals surface area contributed by atoms with Crippen LogP contribution in [0.3, 0.4) is 0 Å². The number of rotatable bonds is 13. The summed E-state index contributed by atoms with van der Waals surface area (Å²) < 4.78 is 99.5. The van der Waals surface area contributed by atoms with Crippen LogP contribution in [0.25, 0.3) is 0 Å². The van der Waals surface area contributed by atoms with Gasteiger partial charge in [-0.25, -0.2) is 8.37 Å². The molecule has 280 valence electrons. The number of aliphatic hydroxyl groups excluding tert-OH is 7. The Morgan fingerprint density at radius 1 is 0.646 bits per heavy atom. The molecule has 0 aliphatic carbocycles. The molecule has 3 aliphatic rings. The first-order valence-electron chi connectivity index (χ1n) is 13.9. The highest BCUT2D eigenvalue weighted by Crippen LogP contribution is 2.33. The molecule has 3 rings (SSSR count). The summed E-state index contributed by atoms with van der Waals surface area (Å²) in [6, 6.07) is -3.33. The Morgan fingerprint density at radius 3 is 1.71 bits per heavy atom. The summed E-state index contributed by atoms with van der Waals surface area (Å²) in [7, 11) is -10.5. The normalized spacial score (nSPS) is 41.0. The van der Waals surface area contributed by atoms with Crippen molar-refractivity contribution in [3.05, 3.63) is 0 Å². The van der Waals surface area contributed by atoms with Gasteiger partial charge in [-0.3, -0.25) is 18.7 Å². The van der Waals surface area contributed by atoms with Crippen LogP contribution < -0.4 is 10.6 Å². The molecule has 0 aromatic rings. The van der Waals surface area contributed by atoms with E-state index in [1.54, 1.807) is 0 Å². The lowest BCUT2D eigenvalue weighted by Crippen LogP contribution is -2.70. The number of ether oxygens (including phenoxy) is 5. The molecule has 0 bridgehead atoms. The molecule has 0 aromatic heterocycles. The number of nitrogens with one attached hydrogen (secondary N) is 2. The molecular weight excluding hydrogens is 708 g/mol. The van der Waals surface area contributed by atoms with Crippen molar-refractivity contribution < 1.29 is 103 Å². The average Bonchev–Trinajstić information content (AvgIpc) is 2.96. The number of aliphatic hydroxyl groups is 7. The molecule has 0 saturated carbocycles. The van der Waals surface area contributed by atoms with Crippen molar-refractivity contribution >= 4 is 32.6 Å². The predicted octanol–water partition coefficient (Wildman–Crippen LogP) is -7.63. The Balaban J connectivity index is 1.98. The minimum Gasteiger partial charge on any atom is -0.394 e. The second-order valence-corrected chi connectivity index (χ2v) is 13.0. The van der Waals surface area contributed by atoms with Crippen LogP contribution in [0.5, 0.6) is 0 Å². The Morgan fingerprint density at radius 2 is 1.19 bits per heavy atom. The number of hydrogen-bond acceptors (Lipinski definition) is 20. The van der Waals surface area contributed by atoms with Crippen molar-refractivity contribution in [2.75, 3.05) is 19.8 Å². The third-order valence-corrected chi connectivity index (χ3v) is 8.20. The molecule has 3 saturated heterocycles. The fourth-order valence-corrected chi connectivity index (χ4v) is 6.07. The third kappa shape index (κ3) is 10.4. The summed E-state index contributed by atoms with van der Waals surface area (Å²) >= 11 is 0. The van der Waals surface area contributed by atoms with E-state index >= 15 is 0 Å². The third-order valence-electron chi connectivity index (χ3n) is 7.30. The highest BCUT2D eigenvalue weighted by atomic mass is 32.3. The monoisotopic (exact) mass is 746 g/mol. The molecule has 2 amide bonds. The van der Waals surface area contributed by atoms with E-state index in [9.17, 15) is 66.7 Å². The van der Waals surface area contributed by atoms with Crippen LogP contribution >= 0.6 is 0 Å². The number of hydrogen-bond donors (Lipinski definition) is 11. The van der Waals surface area contributed by atoms with Gasteiger partial charge in [-0.15, -0.1) is 0 Å². The van der Waals surface area contributed by atoms with E-state index in [1.807, 2.05) is 0 Å². The molecular formula is C22H38N2O22S2. The second-order valence-electron chi connectivity index (χ2n) is 10.8. The van der Waals surface area contributed by atoms with E-state index in [0.717, 1.165) is 13.8 Å². The molecule has 3 aliphatic heterocycles. The molecule has 15 atom stereocenters. The highest BCUT2D eigenvalue weighted by Gasteiger charge is 2.55. The van der Waals surface area contributed by atoms with Gasteiger partial charge in [0.05, 0.1) is 19.8 Å². The van der Waals surface area contributed by atoms with E-state index in [2.05, 4.69) is 19.0 Å². The van der Waals surface area contributed by atoms with Crippen molar-refractivity contribution in [3.63, 3.8) is 0 Å². The van der Waals surface area contributed by atoms with Gasteiger partial charge < -0.3 is 70.1 Å². The Bertz CT molecular complexity index is 1320. The van der Waals surface area contributed by atoms with E-state index in [0.29, 0.717) is 0 Å². The van der Waals surface area contributed by atoms with Crippen LogP contribution in [0.15, 0.2) is 0 Å². The first-order valence-corrected chi connectivity index (χ1v) is 16.6. The quantitative estimate of drug-likeness (QED) is 0.0779. The summed E-state index contributed by atoms with van der Waals surface area (Å²) in [5.74, 6) is -1.60. The van der Waals surface area contributed by atoms with Gasteiger partial charge in [0.1, 0.15) is 73.1 Å². The molecule has 48 heavy (non-hydrogen) atoms.